The van der Waals surface area contributed by atoms with Gasteiger partial charge in [-0.2, -0.15) is 0 Å². The highest BCUT2D eigenvalue weighted by atomic mass is 32.2. The number of hydrogen-bond acceptors (Lipinski definition) is 3. The van der Waals surface area contributed by atoms with E-state index in [2.05, 4.69) is 39.9 Å². The molecular formula is C18H28N4OS. The zero-order valence-corrected chi connectivity index (χ0v) is 15.3. The zero-order valence-electron chi connectivity index (χ0n) is 14.5. The van der Waals surface area contributed by atoms with Crippen molar-refractivity contribution in [2.24, 2.45) is 4.99 Å². The largest absolute Gasteiger partial charge is 0.357 e. The van der Waals surface area contributed by atoms with E-state index in [-0.39, 0.29) is 5.91 Å². The van der Waals surface area contributed by atoms with E-state index >= 15 is 0 Å². The topological polar surface area (TPSA) is 56.7 Å². The lowest BCUT2D eigenvalue weighted by molar-refractivity contribution is -0.129. The van der Waals surface area contributed by atoms with Crippen molar-refractivity contribution in [3.63, 3.8) is 0 Å². The monoisotopic (exact) mass is 348 g/mol. The van der Waals surface area contributed by atoms with Crippen LogP contribution in [0.2, 0.25) is 0 Å². The van der Waals surface area contributed by atoms with Crippen LogP contribution in [-0.2, 0) is 4.79 Å². The molecule has 0 spiro atoms. The van der Waals surface area contributed by atoms with Gasteiger partial charge in [0.2, 0.25) is 5.91 Å². The van der Waals surface area contributed by atoms with Crippen molar-refractivity contribution < 1.29 is 4.79 Å². The van der Waals surface area contributed by atoms with E-state index in [1.807, 2.05) is 29.7 Å². The normalized spacial score (nSPS) is 14.7. The summed E-state index contributed by atoms with van der Waals surface area (Å²) in [6, 6.07) is 10.4. The van der Waals surface area contributed by atoms with Crippen LogP contribution in [0.3, 0.4) is 0 Å². The number of thioether (sulfide) groups is 1. The lowest BCUT2D eigenvalue weighted by Crippen LogP contribution is -2.38. The molecular weight excluding hydrogens is 320 g/mol. The fourth-order valence-electron chi connectivity index (χ4n) is 2.58. The number of amides is 1. The second-order valence-electron chi connectivity index (χ2n) is 5.69. The number of nitrogens with zero attached hydrogens (tertiary/aromatic N) is 2. The van der Waals surface area contributed by atoms with Crippen LogP contribution in [0, 0.1) is 0 Å². The summed E-state index contributed by atoms with van der Waals surface area (Å²) >= 11 is 1.82. The van der Waals surface area contributed by atoms with Crippen molar-refractivity contribution in [1.29, 1.82) is 0 Å². The minimum absolute atomic E-state index is 0.228. The molecule has 132 valence electrons. The van der Waals surface area contributed by atoms with Gasteiger partial charge in [-0.3, -0.25) is 9.79 Å². The number of carbonyl (C=O) groups is 1. The first-order chi connectivity index (χ1) is 11.8. The quantitative estimate of drug-likeness (QED) is 0.328. The minimum Gasteiger partial charge on any atom is -0.357 e. The predicted molar refractivity (Wildman–Crippen MR) is 102 cm³/mol. The third kappa shape index (κ3) is 6.83. The molecule has 1 aromatic carbocycles. The molecule has 6 heteroatoms. The van der Waals surface area contributed by atoms with Crippen molar-refractivity contribution in [2.75, 3.05) is 38.5 Å². The lowest BCUT2D eigenvalue weighted by atomic mass is 10.4. The first-order valence-electron chi connectivity index (χ1n) is 8.77. The van der Waals surface area contributed by atoms with Gasteiger partial charge in [0, 0.05) is 43.2 Å². The molecule has 0 saturated carbocycles. The smallest absolute Gasteiger partial charge is 0.224 e. The van der Waals surface area contributed by atoms with Crippen LogP contribution < -0.4 is 10.6 Å². The third-order valence-corrected chi connectivity index (χ3v) is 4.82. The third-order valence-electron chi connectivity index (χ3n) is 3.81. The molecule has 0 aromatic heterocycles. The first-order valence-corrected chi connectivity index (χ1v) is 9.76. The van der Waals surface area contributed by atoms with Crippen molar-refractivity contribution in [3.8, 4) is 0 Å². The molecule has 1 aliphatic rings. The molecule has 5 nitrogen and oxygen atoms in total. The van der Waals surface area contributed by atoms with Gasteiger partial charge in [-0.15, -0.1) is 11.8 Å². The average Bonchev–Trinajstić information content (AvgIpc) is 3.14. The molecule has 1 saturated heterocycles. The van der Waals surface area contributed by atoms with E-state index in [0.29, 0.717) is 13.0 Å². The van der Waals surface area contributed by atoms with Crippen molar-refractivity contribution in [3.05, 3.63) is 30.3 Å². The summed E-state index contributed by atoms with van der Waals surface area (Å²) < 4.78 is 0. The summed E-state index contributed by atoms with van der Waals surface area (Å²) in [5.74, 6) is 1.99. The summed E-state index contributed by atoms with van der Waals surface area (Å²) in [6.45, 7) is 6.07. The molecule has 2 rings (SSSR count). The van der Waals surface area contributed by atoms with E-state index in [1.165, 1.54) is 4.90 Å². The molecule has 1 fully saturated rings. The van der Waals surface area contributed by atoms with E-state index in [9.17, 15) is 4.79 Å². The Morgan fingerprint density at radius 1 is 1.21 bits per heavy atom. The fourth-order valence-corrected chi connectivity index (χ4v) is 3.37. The van der Waals surface area contributed by atoms with E-state index in [1.54, 1.807) is 0 Å². The molecule has 1 aromatic rings. The summed E-state index contributed by atoms with van der Waals surface area (Å²) in [7, 11) is 0. The van der Waals surface area contributed by atoms with E-state index in [4.69, 9.17) is 0 Å². The highest BCUT2D eigenvalue weighted by molar-refractivity contribution is 7.99. The Bertz CT molecular complexity index is 515. The zero-order chi connectivity index (χ0) is 17.0. The van der Waals surface area contributed by atoms with Crippen molar-refractivity contribution in [2.45, 2.75) is 31.1 Å². The highest BCUT2D eigenvalue weighted by Crippen LogP contribution is 2.15. The van der Waals surface area contributed by atoms with Gasteiger partial charge in [-0.1, -0.05) is 18.2 Å². The SMILES string of the molecule is CCNC(=NCCC(=O)N1CCCC1)NCCSc1ccccc1. The molecule has 2 N–H and O–H groups in total. The van der Waals surface area contributed by atoms with Crippen LogP contribution in [-0.4, -0.2) is 55.2 Å². The first kappa shape index (κ1) is 18.6. The van der Waals surface area contributed by atoms with Gasteiger partial charge in [0.05, 0.1) is 6.54 Å². The van der Waals surface area contributed by atoms with E-state index < -0.39 is 0 Å². The number of carbonyl (C=O) groups excluding carboxylic acids is 1. The number of guanidine groups is 1. The molecule has 0 radical (unpaired) electrons. The van der Waals surface area contributed by atoms with E-state index in [0.717, 1.165) is 50.7 Å². The van der Waals surface area contributed by atoms with Crippen LogP contribution in [0.25, 0.3) is 0 Å². The van der Waals surface area contributed by atoms with Crippen LogP contribution in [0.15, 0.2) is 40.2 Å². The fraction of sp³-hybridized carbons (Fsp3) is 0.556. The van der Waals surface area contributed by atoms with Gasteiger partial charge in [0.1, 0.15) is 0 Å². The van der Waals surface area contributed by atoms with Gasteiger partial charge in [0.25, 0.3) is 0 Å². The molecule has 1 amide bonds. The summed E-state index contributed by atoms with van der Waals surface area (Å²) in [6.07, 6.45) is 2.77. The van der Waals surface area contributed by atoms with Crippen LogP contribution >= 0.6 is 11.8 Å². The Labute approximate surface area is 149 Å². The number of rotatable bonds is 8. The van der Waals surface area contributed by atoms with Gasteiger partial charge in [-0.05, 0) is 31.9 Å². The van der Waals surface area contributed by atoms with Crippen LogP contribution in [0.1, 0.15) is 26.2 Å². The number of likely N-dealkylation sites (tertiary alicyclic amines) is 1. The predicted octanol–water partition coefficient (Wildman–Crippen LogP) is 2.35. The van der Waals surface area contributed by atoms with Crippen molar-refractivity contribution in [1.82, 2.24) is 15.5 Å². The molecule has 0 atom stereocenters. The number of benzene rings is 1. The summed E-state index contributed by atoms with van der Waals surface area (Å²) in [5.41, 5.74) is 0. The second-order valence-corrected chi connectivity index (χ2v) is 6.86. The maximum Gasteiger partial charge on any atom is 0.224 e. The Kier molecular flexibility index (Phi) is 8.52. The highest BCUT2D eigenvalue weighted by Gasteiger charge is 2.16. The molecule has 0 aliphatic carbocycles. The molecule has 0 unspecified atom stereocenters. The standard InChI is InChI=1S/C18H28N4OS/c1-2-19-18(20-11-10-17(23)22-13-6-7-14-22)21-12-15-24-16-8-4-3-5-9-16/h3-5,8-9H,2,6-7,10-15H2,1H3,(H2,19,20,21). The Morgan fingerprint density at radius 2 is 1.96 bits per heavy atom. The van der Waals surface area contributed by atoms with Crippen molar-refractivity contribution >= 4 is 23.6 Å². The Morgan fingerprint density at radius 3 is 2.67 bits per heavy atom. The van der Waals surface area contributed by atoms with Gasteiger partial charge in [0.15, 0.2) is 5.96 Å². The summed E-state index contributed by atoms with van der Waals surface area (Å²) in [4.78, 5) is 19.7. The lowest BCUT2D eigenvalue weighted by Gasteiger charge is -2.15. The van der Waals surface area contributed by atoms with Gasteiger partial charge in [-0.25, -0.2) is 0 Å². The van der Waals surface area contributed by atoms with Gasteiger partial charge < -0.3 is 15.5 Å². The van der Waals surface area contributed by atoms with Crippen LogP contribution in [0.4, 0.5) is 0 Å². The van der Waals surface area contributed by atoms with Crippen LogP contribution in [0.5, 0.6) is 0 Å². The minimum atomic E-state index is 0.228. The maximum absolute atomic E-state index is 12.0. The summed E-state index contributed by atoms with van der Waals surface area (Å²) in [5, 5.41) is 6.56. The molecule has 1 heterocycles. The number of hydrogen-bond donors (Lipinski definition) is 2. The maximum atomic E-state index is 12.0. The average molecular weight is 349 g/mol. The Balaban J connectivity index is 1.67. The second kappa shape index (κ2) is 11.0. The number of aliphatic imine (C=N–C) groups is 1. The van der Waals surface area contributed by atoms with Gasteiger partial charge >= 0.3 is 0 Å². The molecule has 0 bridgehead atoms. The molecule has 24 heavy (non-hydrogen) atoms. The number of nitrogens with one attached hydrogen (secondary N) is 2. The Hall–Kier alpha value is -1.69. The molecule has 1 aliphatic heterocycles.